The highest BCUT2D eigenvalue weighted by molar-refractivity contribution is 6.33. The largest absolute Gasteiger partial charge is 0.334 e. The van der Waals surface area contributed by atoms with E-state index in [-0.39, 0.29) is 6.03 Å². The number of carbonyl (C=O) groups is 1. The standard InChI is InChI=1S/C19H15Cl2N3O/c20-15-8-3-1-6-13(15)12-22-19(25)24-18-11-5-10-17(23-18)14-7-2-4-9-16(14)21/h1-11H,12H2,(H2,22,23,24,25). The first kappa shape index (κ1) is 17.3. The molecule has 0 saturated heterocycles. The number of carbonyl (C=O) groups excluding carboxylic acids is 1. The van der Waals surface area contributed by atoms with Crippen molar-refractivity contribution in [3.8, 4) is 11.3 Å². The molecule has 25 heavy (non-hydrogen) atoms. The van der Waals surface area contributed by atoms with E-state index in [0.717, 1.165) is 11.1 Å². The predicted molar refractivity (Wildman–Crippen MR) is 102 cm³/mol. The molecule has 0 atom stereocenters. The summed E-state index contributed by atoms with van der Waals surface area (Å²) in [7, 11) is 0. The van der Waals surface area contributed by atoms with Crippen LogP contribution in [0.5, 0.6) is 0 Å². The maximum absolute atomic E-state index is 12.1. The van der Waals surface area contributed by atoms with Crippen LogP contribution in [0, 0.1) is 0 Å². The van der Waals surface area contributed by atoms with Crippen LogP contribution in [0.4, 0.5) is 10.6 Å². The molecule has 1 aromatic heterocycles. The Morgan fingerprint density at radius 2 is 1.60 bits per heavy atom. The van der Waals surface area contributed by atoms with Gasteiger partial charge in [-0.2, -0.15) is 0 Å². The lowest BCUT2D eigenvalue weighted by Gasteiger charge is -2.10. The van der Waals surface area contributed by atoms with Gasteiger partial charge < -0.3 is 5.32 Å². The van der Waals surface area contributed by atoms with Crippen LogP contribution in [0.25, 0.3) is 11.3 Å². The molecular formula is C19H15Cl2N3O. The van der Waals surface area contributed by atoms with Crippen LogP contribution in [0.15, 0.2) is 66.7 Å². The number of nitrogens with zero attached hydrogens (tertiary/aromatic N) is 1. The summed E-state index contributed by atoms with van der Waals surface area (Å²) in [5.74, 6) is 0.439. The van der Waals surface area contributed by atoms with Crippen molar-refractivity contribution in [3.63, 3.8) is 0 Å². The van der Waals surface area contributed by atoms with Gasteiger partial charge in [0.25, 0.3) is 0 Å². The van der Waals surface area contributed by atoms with E-state index >= 15 is 0 Å². The van der Waals surface area contributed by atoms with Gasteiger partial charge in [0.05, 0.1) is 5.69 Å². The van der Waals surface area contributed by atoms with Crippen molar-refractivity contribution in [3.05, 3.63) is 82.3 Å². The summed E-state index contributed by atoms with van der Waals surface area (Å²) in [5, 5.41) is 6.69. The predicted octanol–water partition coefficient (Wildman–Crippen LogP) is 5.38. The van der Waals surface area contributed by atoms with Crippen LogP contribution in [0.3, 0.4) is 0 Å². The van der Waals surface area contributed by atoms with Crippen LogP contribution >= 0.6 is 23.2 Å². The van der Waals surface area contributed by atoms with E-state index in [9.17, 15) is 4.79 Å². The number of nitrogens with one attached hydrogen (secondary N) is 2. The molecule has 0 aliphatic carbocycles. The van der Waals surface area contributed by atoms with Crippen LogP contribution < -0.4 is 10.6 Å². The second-order valence-electron chi connectivity index (χ2n) is 5.29. The fraction of sp³-hybridized carbons (Fsp3) is 0.0526. The second-order valence-corrected chi connectivity index (χ2v) is 6.10. The lowest BCUT2D eigenvalue weighted by atomic mass is 10.1. The van der Waals surface area contributed by atoms with Crippen LogP contribution in [0.2, 0.25) is 10.0 Å². The lowest BCUT2D eigenvalue weighted by molar-refractivity contribution is 0.251. The van der Waals surface area contributed by atoms with Gasteiger partial charge in [0.15, 0.2) is 0 Å². The van der Waals surface area contributed by atoms with Crippen molar-refractivity contribution < 1.29 is 4.79 Å². The molecular weight excluding hydrogens is 357 g/mol. The summed E-state index contributed by atoms with van der Waals surface area (Å²) in [6, 6.07) is 19.8. The zero-order valence-corrected chi connectivity index (χ0v) is 14.7. The molecule has 4 nitrogen and oxygen atoms in total. The first-order valence-corrected chi connectivity index (χ1v) is 8.39. The van der Waals surface area contributed by atoms with Gasteiger partial charge in [-0.25, -0.2) is 9.78 Å². The number of amides is 2. The maximum Gasteiger partial charge on any atom is 0.320 e. The molecule has 1 heterocycles. The molecule has 3 aromatic rings. The topological polar surface area (TPSA) is 54.0 Å². The van der Waals surface area contributed by atoms with Crippen molar-refractivity contribution >= 4 is 35.1 Å². The summed E-state index contributed by atoms with van der Waals surface area (Å²) in [4.78, 5) is 16.5. The van der Waals surface area contributed by atoms with Gasteiger partial charge in [-0.05, 0) is 29.8 Å². The number of halogens is 2. The monoisotopic (exact) mass is 371 g/mol. The van der Waals surface area contributed by atoms with Crippen molar-refractivity contribution in [2.45, 2.75) is 6.54 Å². The molecule has 0 fully saturated rings. The molecule has 2 N–H and O–H groups in total. The maximum atomic E-state index is 12.1. The molecule has 0 radical (unpaired) electrons. The summed E-state index contributed by atoms with van der Waals surface area (Å²) in [5.41, 5.74) is 2.34. The number of urea groups is 1. The second kappa shape index (κ2) is 8.01. The highest BCUT2D eigenvalue weighted by atomic mass is 35.5. The Kier molecular flexibility index (Phi) is 5.53. The number of hydrogen-bond donors (Lipinski definition) is 2. The molecule has 0 aliphatic rings. The Balaban J connectivity index is 1.67. The highest BCUT2D eigenvalue weighted by Gasteiger charge is 2.08. The third kappa shape index (κ3) is 4.50. The quantitative estimate of drug-likeness (QED) is 0.646. The molecule has 0 unspecified atom stereocenters. The third-order valence-corrected chi connectivity index (χ3v) is 4.24. The minimum atomic E-state index is -0.358. The fourth-order valence-corrected chi connectivity index (χ4v) is 2.74. The van der Waals surface area contributed by atoms with Gasteiger partial charge in [-0.1, -0.05) is 65.7 Å². The lowest BCUT2D eigenvalue weighted by Crippen LogP contribution is -2.28. The van der Waals surface area contributed by atoms with E-state index in [2.05, 4.69) is 15.6 Å². The number of aromatic nitrogens is 1. The number of hydrogen-bond acceptors (Lipinski definition) is 2. The average molecular weight is 372 g/mol. The zero-order chi connectivity index (χ0) is 17.6. The van der Waals surface area contributed by atoms with E-state index in [1.54, 1.807) is 18.2 Å². The Morgan fingerprint density at radius 3 is 2.36 bits per heavy atom. The van der Waals surface area contributed by atoms with E-state index in [1.165, 1.54) is 0 Å². The van der Waals surface area contributed by atoms with Gasteiger partial charge in [-0.3, -0.25) is 5.32 Å². The molecule has 2 aromatic carbocycles. The third-order valence-electron chi connectivity index (χ3n) is 3.54. The minimum absolute atomic E-state index is 0.329. The Bertz CT molecular complexity index is 899. The summed E-state index contributed by atoms with van der Waals surface area (Å²) in [6.45, 7) is 0.329. The van der Waals surface area contributed by atoms with E-state index < -0.39 is 0 Å². The highest BCUT2D eigenvalue weighted by Crippen LogP contribution is 2.26. The summed E-state index contributed by atoms with van der Waals surface area (Å²) >= 11 is 12.3. The molecule has 0 saturated carbocycles. The van der Waals surface area contributed by atoms with E-state index in [0.29, 0.717) is 28.1 Å². The van der Waals surface area contributed by atoms with Crippen molar-refractivity contribution in [1.29, 1.82) is 0 Å². The normalized spacial score (nSPS) is 10.3. The van der Waals surface area contributed by atoms with E-state index in [4.69, 9.17) is 23.2 Å². The van der Waals surface area contributed by atoms with Gasteiger partial charge >= 0.3 is 6.03 Å². The molecule has 0 aliphatic heterocycles. The first-order valence-electron chi connectivity index (χ1n) is 7.64. The summed E-state index contributed by atoms with van der Waals surface area (Å²) < 4.78 is 0. The van der Waals surface area contributed by atoms with Gasteiger partial charge in [-0.15, -0.1) is 0 Å². The molecule has 0 bridgehead atoms. The molecule has 0 spiro atoms. The van der Waals surface area contributed by atoms with Gasteiger partial charge in [0, 0.05) is 22.2 Å². The first-order chi connectivity index (χ1) is 12.1. The van der Waals surface area contributed by atoms with Gasteiger partial charge in [0.1, 0.15) is 5.82 Å². The molecule has 6 heteroatoms. The Morgan fingerprint density at radius 1 is 0.880 bits per heavy atom. The number of rotatable bonds is 4. The summed E-state index contributed by atoms with van der Waals surface area (Å²) in [6.07, 6.45) is 0. The number of anilines is 1. The minimum Gasteiger partial charge on any atom is -0.334 e. The average Bonchev–Trinajstić information content (AvgIpc) is 2.62. The van der Waals surface area contributed by atoms with Crippen molar-refractivity contribution in [2.24, 2.45) is 0 Å². The fourth-order valence-electron chi connectivity index (χ4n) is 2.30. The molecule has 3 rings (SSSR count). The molecule has 2 amide bonds. The van der Waals surface area contributed by atoms with Crippen LogP contribution in [0.1, 0.15) is 5.56 Å². The van der Waals surface area contributed by atoms with Crippen molar-refractivity contribution in [2.75, 3.05) is 5.32 Å². The molecule has 126 valence electrons. The van der Waals surface area contributed by atoms with Crippen LogP contribution in [-0.2, 0) is 6.54 Å². The SMILES string of the molecule is O=C(NCc1ccccc1Cl)Nc1cccc(-c2ccccc2Cl)n1. The van der Waals surface area contributed by atoms with E-state index in [1.807, 2.05) is 48.5 Å². The Hall–Kier alpha value is -2.56. The van der Waals surface area contributed by atoms with Crippen molar-refractivity contribution in [1.82, 2.24) is 10.3 Å². The Labute approximate surface area is 155 Å². The number of benzene rings is 2. The number of pyridine rings is 1. The zero-order valence-electron chi connectivity index (χ0n) is 13.2. The van der Waals surface area contributed by atoms with Crippen LogP contribution in [-0.4, -0.2) is 11.0 Å². The van der Waals surface area contributed by atoms with Gasteiger partial charge in [0.2, 0.25) is 0 Å². The smallest absolute Gasteiger partial charge is 0.320 e.